The lowest BCUT2D eigenvalue weighted by Gasteiger charge is -2.03. The molecule has 17 heavy (non-hydrogen) atoms. The minimum atomic E-state index is -0.507. The van der Waals surface area contributed by atoms with Crippen LogP contribution < -0.4 is 4.74 Å². The van der Waals surface area contributed by atoms with Crippen LogP contribution in [0.15, 0.2) is 30.5 Å². The maximum absolute atomic E-state index is 10.6. The molecule has 1 heterocycles. The summed E-state index contributed by atoms with van der Waals surface area (Å²) in [6, 6.07) is 7.22. The van der Waals surface area contributed by atoms with Gasteiger partial charge in [0.2, 0.25) is 5.82 Å². The molecular weight excluding hydrogens is 222 g/mol. The number of aromatic nitrogens is 2. The molecule has 0 aliphatic rings. The van der Waals surface area contributed by atoms with E-state index < -0.39 is 4.92 Å². The van der Waals surface area contributed by atoms with E-state index in [2.05, 4.69) is 4.98 Å². The molecule has 88 valence electrons. The molecule has 0 N–H and O–H groups in total. The summed E-state index contributed by atoms with van der Waals surface area (Å²) in [4.78, 5) is 14.0. The van der Waals surface area contributed by atoms with Crippen LogP contribution in [0.4, 0.5) is 5.82 Å². The number of ether oxygens (including phenoxy) is 1. The minimum Gasteiger partial charge on any atom is -0.497 e. The van der Waals surface area contributed by atoms with E-state index in [0.717, 1.165) is 11.4 Å². The fraction of sp³-hybridized carbons (Fsp3) is 0.182. The van der Waals surface area contributed by atoms with Crippen LogP contribution in [-0.4, -0.2) is 21.6 Å². The monoisotopic (exact) mass is 233 g/mol. The summed E-state index contributed by atoms with van der Waals surface area (Å²) < 4.78 is 6.71. The number of hydrogen-bond donors (Lipinski definition) is 0. The first-order chi connectivity index (χ1) is 8.11. The third-order valence-corrected chi connectivity index (χ3v) is 2.41. The van der Waals surface area contributed by atoms with Crippen LogP contribution in [0, 0.1) is 17.0 Å². The Bertz CT molecular complexity index is 546. The highest BCUT2D eigenvalue weighted by Gasteiger charge is 2.15. The van der Waals surface area contributed by atoms with Crippen molar-refractivity contribution in [2.45, 2.75) is 6.92 Å². The van der Waals surface area contributed by atoms with Crippen molar-refractivity contribution in [3.8, 4) is 11.4 Å². The van der Waals surface area contributed by atoms with E-state index in [1.807, 2.05) is 12.1 Å². The van der Waals surface area contributed by atoms with Gasteiger partial charge in [0, 0.05) is 12.6 Å². The minimum absolute atomic E-state index is 0.154. The van der Waals surface area contributed by atoms with Crippen molar-refractivity contribution in [3.05, 3.63) is 46.4 Å². The van der Waals surface area contributed by atoms with E-state index in [-0.39, 0.29) is 5.82 Å². The first kappa shape index (κ1) is 11.1. The normalized spacial score (nSPS) is 10.2. The number of rotatable bonds is 3. The van der Waals surface area contributed by atoms with Crippen LogP contribution in [0.3, 0.4) is 0 Å². The molecule has 0 radical (unpaired) electrons. The Morgan fingerprint density at radius 1 is 1.35 bits per heavy atom. The molecule has 0 unspecified atom stereocenters. The highest BCUT2D eigenvalue weighted by atomic mass is 16.6. The second-order valence-electron chi connectivity index (χ2n) is 3.47. The van der Waals surface area contributed by atoms with Gasteiger partial charge in [0.25, 0.3) is 0 Å². The second-order valence-corrected chi connectivity index (χ2v) is 3.47. The average Bonchev–Trinajstić information content (AvgIpc) is 2.72. The van der Waals surface area contributed by atoms with Gasteiger partial charge >= 0.3 is 5.82 Å². The second kappa shape index (κ2) is 4.25. The molecule has 0 atom stereocenters. The Morgan fingerprint density at radius 3 is 2.47 bits per heavy atom. The third-order valence-electron chi connectivity index (χ3n) is 2.41. The average molecular weight is 233 g/mol. The first-order valence-electron chi connectivity index (χ1n) is 4.96. The van der Waals surface area contributed by atoms with E-state index in [0.29, 0.717) is 5.82 Å². The number of imidazole rings is 1. The van der Waals surface area contributed by atoms with E-state index in [9.17, 15) is 10.1 Å². The van der Waals surface area contributed by atoms with Gasteiger partial charge in [-0.15, -0.1) is 0 Å². The zero-order valence-corrected chi connectivity index (χ0v) is 9.45. The molecule has 6 heteroatoms. The van der Waals surface area contributed by atoms with Gasteiger partial charge in [-0.25, -0.2) is 0 Å². The SMILES string of the molecule is COc1ccc(-n2cc([N+](=O)[O-])nc2C)cc1. The summed E-state index contributed by atoms with van der Waals surface area (Å²) in [5.41, 5.74) is 0.809. The Morgan fingerprint density at radius 2 is 2.00 bits per heavy atom. The van der Waals surface area contributed by atoms with Crippen LogP contribution in [0.5, 0.6) is 5.75 Å². The van der Waals surface area contributed by atoms with Gasteiger partial charge in [-0.05, 0) is 34.2 Å². The van der Waals surface area contributed by atoms with Crippen molar-refractivity contribution in [2.24, 2.45) is 0 Å². The predicted octanol–water partition coefficient (Wildman–Crippen LogP) is 2.10. The topological polar surface area (TPSA) is 70.2 Å². The summed E-state index contributed by atoms with van der Waals surface area (Å²) in [5.74, 6) is 1.15. The van der Waals surface area contributed by atoms with E-state index in [4.69, 9.17) is 4.74 Å². The number of hydrogen-bond acceptors (Lipinski definition) is 4. The molecule has 0 spiro atoms. The number of nitrogens with zero attached hydrogens (tertiary/aromatic N) is 3. The van der Waals surface area contributed by atoms with Gasteiger partial charge < -0.3 is 14.9 Å². The molecule has 2 rings (SSSR count). The Balaban J connectivity index is 2.41. The lowest BCUT2D eigenvalue weighted by atomic mass is 10.3. The standard InChI is InChI=1S/C11H11N3O3/c1-8-12-11(14(15)16)7-13(8)9-3-5-10(17-2)6-4-9/h3-7H,1-2H3. The van der Waals surface area contributed by atoms with E-state index >= 15 is 0 Å². The van der Waals surface area contributed by atoms with Gasteiger partial charge in [0.1, 0.15) is 11.9 Å². The highest BCUT2D eigenvalue weighted by Crippen LogP contribution is 2.19. The molecule has 0 saturated heterocycles. The van der Waals surface area contributed by atoms with Gasteiger partial charge in [-0.2, -0.15) is 0 Å². The van der Waals surface area contributed by atoms with Crippen LogP contribution in [0.2, 0.25) is 0 Å². The Labute approximate surface area is 97.6 Å². The molecule has 0 fully saturated rings. The fourth-order valence-electron chi connectivity index (χ4n) is 1.55. The van der Waals surface area contributed by atoms with E-state index in [1.54, 1.807) is 30.7 Å². The lowest BCUT2D eigenvalue weighted by Crippen LogP contribution is -1.95. The Kier molecular flexibility index (Phi) is 2.78. The molecule has 0 bridgehead atoms. The fourth-order valence-corrected chi connectivity index (χ4v) is 1.55. The maximum Gasteiger partial charge on any atom is 0.382 e. The van der Waals surface area contributed by atoms with Crippen molar-refractivity contribution in [1.82, 2.24) is 9.55 Å². The Hall–Kier alpha value is -2.37. The predicted molar refractivity (Wildman–Crippen MR) is 61.5 cm³/mol. The van der Waals surface area contributed by atoms with E-state index in [1.165, 1.54) is 6.20 Å². The molecule has 6 nitrogen and oxygen atoms in total. The van der Waals surface area contributed by atoms with Crippen molar-refractivity contribution in [3.63, 3.8) is 0 Å². The number of aryl methyl sites for hydroxylation is 1. The van der Waals surface area contributed by atoms with Crippen LogP contribution >= 0.6 is 0 Å². The highest BCUT2D eigenvalue weighted by molar-refractivity contribution is 5.40. The van der Waals surface area contributed by atoms with Gasteiger partial charge in [-0.1, -0.05) is 0 Å². The zero-order chi connectivity index (χ0) is 12.4. The smallest absolute Gasteiger partial charge is 0.382 e. The lowest BCUT2D eigenvalue weighted by molar-refractivity contribution is -0.389. The number of nitro groups is 1. The molecule has 0 aliphatic carbocycles. The van der Waals surface area contributed by atoms with Gasteiger partial charge in [-0.3, -0.25) is 4.57 Å². The number of methoxy groups -OCH3 is 1. The summed E-state index contributed by atoms with van der Waals surface area (Å²) >= 11 is 0. The largest absolute Gasteiger partial charge is 0.497 e. The quantitative estimate of drug-likeness (QED) is 0.601. The van der Waals surface area contributed by atoms with Crippen LogP contribution in [0.1, 0.15) is 5.82 Å². The first-order valence-corrected chi connectivity index (χ1v) is 4.96. The molecule has 1 aromatic carbocycles. The van der Waals surface area contributed by atoms with Crippen LogP contribution in [-0.2, 0) is 0 Å². The molecule has 0 aliphatic heterocycles. The third kappa shape index (κ3) is 2.10. The van der Waals surface area contributed by atoms with Crippen molar-refractivity contribution < 1.29 is 9.66 Å². The van der Waals surface area contributed by atoms with Crippen molar-refractivity contribution >= 4 is 5.82 Å². The van der Waals surface area contributed by atoms with Crippen LogP contribution in [0.25, 0.3) is 5.69 Å². The summed E-state index contributed by atoms with van der Waals surface area (Å²) in [6.07, 6.45) is 1.40. The summed E-state index contributed by atoms with van der Waals surface area (Å²) in [5, 5.41) is 10.6. The molecule has 1 aromatic heterocycles. The van der Waals surface area contributed by atoms with Gasteiger partial charge in [0.05, 0.1) is 7.11 Å². The van der Waals surface area contributed by atoms with Crippen molar-refractivity contribution in [1.29, 1.82) is 0 Å². The molecule has 0 amide bonds. The molecular formula is C11H11N3O3. The summed E-state index contributed by atoms with van der Waals surface area (Å²) in [7, 11) is 1.59. The molecule has 2 aromatic rings. The number of benzene rings is 1. The molecule has 0 saturated carbocycles. The van der Waals surface area contributed by atoms with Gasteiger partial charge in [0.15, 0.2) is 0 Å². The van der Waals surface area contributed by atoms with Crippen molar-refractivity contribution in [2.75, 3.05) is 7.11 Å². The summed E-state index contributed by atoms with van der Waals surface area (Å²) in [6.45, 7) is 1.72. The maximum atomic E-state index is 10.6. The zero-order valence-electron chi connectivity index (χ0n) is 9.45.